The predicted molar refractivity (Wildman–Crippen MR) is 134 cm³/mol. The van der Waals surface area contributed by atoms with Crippen LogP contribution in [0, 0.1) is 0 Å². The van der Waals surface area contributed by atoms with Gasteiger partial charge in [0.25, 0.3) is 11.8 Å². The first-order valence-electron chi connectivity index (χ1n) is 10.8. The quantitative estimate of drug-likeness (QED) is 0.241. The fourth-order valence-corrected chi connectivity index (χ4v) is 4.15. The number of nitrogens with one attached hydrogen (secondary N) is 3. The zero-order valence-corrected chi connectivity index (χ0v) is 19.6. The number of hydrogen-bond acceptors (Lipinski definition) is 8. The molecular weight excluding hydrogens is 482 g/mol. The van der Waals surface area contributed by atoms with E-state index in [9.17, 15) is 19.2 Å². The van der Waals surface area contributed by atoms with Crippen molar-refractivity contribution in [2.45, 2.75) is 19.0 Å². The molecule has 0 bridgehead atoms. The van der Waals surface area contributed by atoms with Crippen molar-refractivity contribution in [1.82, 2.24) is 20.6 Å². The van der Waals surface area contributed by atoms with E-state index in [4.69, 9.17) is 5.11 Å². The molecule has 182 valence electrons. The number of para-hydroxylation sites is 2. The molecule has 2 aromatic heterocycles. The van der Waals surface area contributed by atoms with E-state index in [2.05, 4.69) is 25.9 Å². The van der Waals surface area contributed by atoms with Crippen molar-refractivity contribution in [2.75, 3.05) is 5.32 Å². The molecule has 0 unspecified atom stereocenters. The van der Waals surface area contributed by atoms with Gasteiger partial charge in [-0.1, -0.05) is 12.1 Å². The lowest BCUT2D eigenvalue weighted by Gasteiger charge is -2.09. The predicted octanol–water partition coefficient (Wildman–Crippen LogP) is 3.14. The highest BCUT2D eigenvalue weighted by Crippen LogP contribution is 2.19. The molecule has 1 atom stereocenters. The number of hydrogen-bond donors (Lipinski definition) is 4. The van der Waals surface area contributed by atoms with Crippen LogP contribution in [0.3, 0.4) is 0 Å². The van der Waals surface area contributed by atoms with Gasteiger partial charge in [-0.25, -0.2) is 4.98 Å². The van der Waals surface area contributed by atoms with Crippen LogP contribution in [0.4, 0.5) is 11.5 Å². The average molecular weight is 504 g/mol. The van der Waals surface area contributed by atoms with Gasteiger partial charge in [-0.05, 0) is 48.5 Å². The Bertz CT molecular complexity index is 1420. The summed E-state index contributed by atoms with van der Waals surface area (Å²) in [6.45, 7) is 0.204. The van der Waals surface area contributed by atoms with Crippen LogP contribution in [0.1, 0.15) is 31.3 Å². The van der Waals surface area contributed by atoms with Crippen LogP contribution in [0.5, 0.6) is 0 Å². The maximum atomic E-state index is 12.5. The maximum Gasteiger partial charge on any atom is 0.305 e. The molecule has 0 fully saturated rings. The van der Waals surface area contributed by atoms with Gasteiger partial charge in [0.1, 0.15) is 12.1 Å². The average Bonchev–Trinajstić information content (AvgIpc) is 3.36. The van der Waals surface area contributed by atoms with Crippen LogP contribution in [0.25, 0.3) is 11.0 Å². The lowest BCUT2D eigenvalue weighted by atomic mass is 10.2. The molecule has 2 heterocycles. The minimum absolute atomic E-state index is 0.204. The monoisotopic (exact) mass is 503 g/mol. The van der Waals surface area contributed by atoms with Crippen molar-refractivity contribution in [1.29, 1.82) is 0 Å². The fraction of sp³-hybridized carbons (Fsp3) is 0.120. The van der Waals surface area contributed by atoms with Crippen LogP contribution >= 0.6 is 11.3 Å². The van der Waals surface area contributed by atoms with Gasteiger partial charge in [0, 0.05) is 16.1 Å². The fourth-order valence-electron chi connectivity index (χ4n) is 3.30. The lowest BCUT2D eigenvalue weighted by Crippen LogP contribution is -2.37. The second kappa shape index (κ2) is 11.2. The molecule has 0 aliphatic heterocycles. The molecule has 0 radical (unpaired) electrons. The summed E-state index contributed by atoms with van der Waals surface area (Å²) in [5.41, 5.74) is 2.79. The van der Waals surface area contributed by atoms with E-state index in [1.54, 1.807) is 42.6 Å². The number of anilines is 2. The third kappa shape index (κ3) is 6.27. The van der Waals surface area contributed by atoms with Gasteiger partial charge >= 0.3 is 5.97 Å². The highest BCUT2D eigenvalue weighted by Gasteiger charge is 2.17. The zero-order chi connectivity index (χ0) is 25.5. The number of carboxylic acids is 1. The van der Waals surface area contributed by atoms with Crippen molar-refractivity contribution < 1.29 is 24.3 Å². The summed E-state index contributed by atoms with van der Waals surface area (Å²) in [5, 5.41) is 17.1. The highest BCUT2D eigenvalue weighted by atomic mass is 32.1. The second-order valence-corrected chi connectivity index (χ2v) is 8.88. The Kier molecular flexibility index (Phi) is 7.61. The largest absolute Gasteiger partial charge is 0.481 e. The van der Waals surface area contributed by atoms with E-state index in [1.807, 2.05) is 24.3 Å². The molecule has 0 aliphatic rings. The summed E-state index contributed by atoms with van der Waals surface area (Å²) >= 11 is 1.14. The number of aldehydes is 1. The van der Waals surface area contributed by atoms with E-state index in [-0.39, 0.29) is 12.5 Å². The van der Waals surface area contributed by atoms with E-state index >= 15 is 0 Å². The Labute approximate surface area is 209 Å². The molecule has 4 rings (SSSR count). The van der Waals surface area contributed by atoms with E-state index < -0.39 is 24.3 Å². The standard InChI is InChI=1S/C25H21N5O5S/c31-14-17(11-23(32)33)29-25(35)21-10-9-18(36-21)12-27-24(34)15-5-7-16(8-6-15)28-22-13-26-19-3-1-2-4-20(19)30-22/h1-10,13-14,17H,11-12H2,(H,27,34)(H,28,30)(H,29,35)(H,32,33)/t17-/m0/s1. The third-order valence-electron chi connectivity index (χ3n) is 5.05. The lowest BCUT2D eigenvalue weighted by molar-refractivity contribution is -0.138. The number of carboxylic acid groups (broad SMARTS) is 1. The first kappa shape index (κ1) is 24.5. The molecule has 0 spiro atoms. The first-order valence-corrected chi connectivity index (χ1v) is 11.7. The smallest absolute Gasteiger partial charge is 0.305 e. The van der Waals surface area contributed by atoms with Gasteiger partial charge in [0.05, 0.1) is 41.1 Å². The number of carbonyl (C=O) groups is 4. The van der Waals surface area contributed by atoms with Crippen LogP contribution in [-0.4, -0.2) is 45.2 Å². The van der Waals surface area contributed by atoms with Crippen molar-refractivity contribution in [3.63, 3.8) is 0 Å². The van der Waals surface area contributed by atoms with Crippen LogP contribution < -0.4 is 16.0 Å². The summed E-state index contributed by atoms with van der Waals surface area (Å²) in [6, 6.07) is 16.6. The second-order valence-electron chi connectivity index (χ2n) is 7.71. The number of amides is 2. The molecule has 0 aliphatic carbocycles. The minimum Gasteiger partial charge on any atom is -0.481 e. The number of thiophene rings is 1. The van der Waals surface area contributed by atoms with Crippen molar-refractivity contribution in [3.05, 3.63) is 82.2 Å². The highest BCUT2D eigenvalue weighted by molar-refractivity contribution is 7.14. The summed E-state index contributed by atoms with van der Waals surface area (Å²) in [4.78, 5) is 56.4. The Morgan fingerprint density at radius 3 is 2.44 bits per heavy atom. The summed E-state index contributed by atoms with van der Waals surface area (Å²) in [6.07, 6.45) is 1.54. The van der Waals surface area contributed by atoms with Gasteiger partial charge in [0.2, 0.25) is 0 Å². The van der Waals surface area contributed by atoms with Gasteiger partial charge in [-0.2, -0.15) is 0 Å². The van der Waals surface area contributed by atoms with Gasteiger partial charge in [-0.3, -0.25) is 19.4 Å². The minimum atomic E-state index is -1.19. The topological polar surface area (TPSA) is 150 Å². The number of aromatic nitrogens is 2. The van der Waals surface area contributed by atoms with Crippen molar-refractivity contribution in [2.24, 2.45) is 0 Å². The first-order chi connectivity index (χ1) is 17.4. The molecular formula is C25H21N5O5S. The molecule has 36 heavy (non-hydrogen) atoms. The summed E-state index contributed by atoms with van der Waals surface area (Å²) in [5.74, 6) is -1.43. The van der Waals surface area contributed by atoms with Crippen LogP contribution in [0.2, 0.25) is 0 Å². The Morgan fingerprint density at radius 2 is 1.72 bits per heavy atom. The molecule has 2 amide bonds. The van der Waals surface area contributed by atoms with Gasteiger partial charge < -0.3 is 25.9 Å². The Morgan fingerprint density at radius 1 is 0.972 bits per heavy atom. The van der Waals surface area contributed by atoms with Crippen LogP contribution in [-0.2, 0) is 16.1 Å². The molecule has 4 N–H and O–H groups in total. The summed E-state index contributed by atoms with van der Waals surface area (Å²) in [7, 11) is 0. The number of rotatable bonds is 10. The number of benzene rings is 2. The Balaban J connectivity index is 1.30. The van der Waals surface area contributed by atoms with E-state index in [0.717, 1.165) is 32.9 Å². The number of nitrogens with zero attached hydrogens (tertiary/aromatic N) is 2. The van der Waals surface area contributed by atoms with Crippen molar-refractivity contribution >= 4 is 57.9 Å². The summed E-state index contributed by atoms with van der Waals surface area (Å²) < 4.78 is 0. The van der Waals surface area contributed by atoms with Gasteiger partial charge in [-0.15, -0.1) is 11.3 Å². The maximum absolute atomic E-state index is 12.5. The molecule has 0 saturated heterocycles. The molecule has 4 aromatic rings. The normalized spacial score (nSPS) is 11.4. The SMILES string of the molecule is O=C[C@H](CC(=O)O)NC(=O)c1ccc(CNC(=O)c2ccc(Nc3cnc4ccccc4n3)cc2)s1. The number of fused-ring (bicyclic) bond motifs is 1. The van der Waals surface area contributed by atoms with Crippen molar-refractivity contribution in [3.8, 4) is 0 Å². The van der Waals surface area contributed by atoms with Gasteiger partial charge in [0.15, 0.2) is 0 Å². The Hall–Kier alpha value is -4.64. The zero-order valence-electron chi connectivity index (χ0n) is 18.8. The number of aliphatic carboxylic acids is 1. The number of carbonyl (C=O) groups excluding carboxylic acids is 3. The molecule has 2 aromatic carbocycles. The molecule has 11 heteroatoms. The third-order valence-corrected chi connectivity index (χ3v) is 6.14. The van der Waals surface area contributed by atoms with E-state index in [1.165, 1.54) is 0 Å². The van der Waals surface area contributed by atoms with E-state index in [0.29, 0.717) is 22.5 Å². The molecule has 0 saturated carbocycles. The van der Waals surface area contributed by atoms with Crippen LogP contribution in [0.15, 0.2) is 66.9 Å². The molecule has 10 nitrogen and oxygen atoms in total.